The van der Waals surface area contributed by atoms with Gasteiger partial charge in [-0.2, -0.15) is 0 Å². The third-order valence-electron chi connectivity index (χ3n) is 7.67. The summed E-state index contributed by atoms with van der Waals surface area (Å²) in [7, 11) is 1.32. The Balaban J connectivity index is 1.39. The number of fused-ring (bicyclic) bond motifs is 2. The third kappa shape index (κ3) is 6.98. The highest BCUT2D eigenvalue weighted by atomic mass is 19.1. The molecule has 3 aliphatic heterocycles. The molecule has 1 aromatic rings. The molecule has 3 aliphatic rings. The number of aliphatic imine (C=N–C) groups is 1. The number of hydrogen-bond donors (Lipinski definition) is 1. The lowest BCUT2D eigenvalue weighted by atomic mass is 9.75. The molecule has 202 valence electrons. The summed E-state index contributed by atoms with van der Waals surface area (Å²) in [6.45, 7) is 3.10. The van der Waals surface area contributed by atoms with E-state index in [4.69, 9.17) is 9.47 Å². The second-order valence-electron chi connectivity index (χ2n) is 10.2. The van der Waals surface area contributed by atoms with Crippen molar-refractivity contribution in [3.63, 3.8) is 0 Å². The van der Waals surface area contributed by atoms with Crippen molar-refractivity contribution in [2.75, 3.05) is 20.3 Å². The van der Waals surface area contributed by atoms with Crippen LogP contribution in [0.1, 0.15) is 69.4 Å². The fourth-order valence-corrected chi connectivity index (χ4v) is 5.71. The van der Waals surface area contributed by atoms with Gasteiger partial charge in [0.15, 0.2) is 11.9 Å². The number of esters is 1. The van der Waals surface area contributed by atoms with Crippen LogP contribution in [0.25, 0.3) is 6.08 Å². The Hall–Kier alpha value is -2.74. The number of ether oxygens (including phenoxy) is 3. The first-order valence-corrected chi connectivity index (χ1v) is 13.7. The predicted octanol–water partition coefficient (Wildman–Crippen LogP) is 4.62. The summed E-state index contributed by atoms with van der Waals surface area (Å²) in [5.41, 5.74) is 1.55. The van der Waals surface area contributed by atoms with E-state index in [1.165, 1.54) is 51.0 Å². The fraction of sp³-hybridized carbons (Fsp3) is 0.621. The van der Waals surface area contributed by atoms with E-state index < -0.39 is 12.0 Å². The van der Waals surface area contributed by atoms with E-state index in [9.17, 15) is 14.0 Å². The zero-order valence-electron chi connectivity index (χ0n) is 21.9. The second kappa shape index (κ2) is 13.2. The number of nitrogens with zero attached hydrogens (tertiary/aromatic N) is 1. The first-order valence-electron chi connectivity index (χ1n) is 13.7. The van der Waals surface area contributed by atoms with Gasteiger partial charge in [-0.1, -0.05) is 45.1 Å². The van der Waals surface area contributed by atoms with Crippen molar-refractivity contribution in [2.24, 2.45) is 16.8 Å². The van der Waals surface area contributed by atoms with Crippen LogP contribution in [0.3, 0.4) is 0 Å². The highest BCUT2D eigenvalue weighted by Gasteiger charge is 2.53. The van der Waals surface area contributed by atoms with E-state index in [1.54, 1.807) is 12.1 Å². The van der Waals surface area contributed by atoms with Gasteiger partial charge in [0.2, 0.25) is 5.91 Å². The average molecular weight is 515 g/mol. The molecule has 2 saturated heterocycles. The maximum absolute atomic E-state index is 14.2. The third-order valence-corrected chi connectivity index (χ3v) is 7.67. The van der Waals surface area contributed by atoms with E-state index in [-0.39, 0.29) is 42.4 Å². The molecule has 2 bridgehead atoms. The highest BCUT2D eigenvalue weighted by Crippen LogP contribution is 2.46. The number of unbranched alkanes of at least 4 members (excludes halogenated alkanes) is 5. The molecule has 1 aromatic carbocycles. The lowest BCUT2D eigenvalue weighted by Gasteiger charge is -2.28. The van der Waals surface area contributed by atoms with Gasteiger partial charge in [-0.25, -0.2) is 14.2 Å². The van der Waals surface area contributed by atoms with Crippen LogP contribution in [0.2, 0.25) is 0 Å². The minimum absolute atomic E-state index is 0.0127. The second-order valence-corrected chi connectivity index (χ2v) is 10.2. The van der Waals surface area contributed by atoms with Crippen molar-refractivity contribution >= 4 is 23.9 Å². The molecule has 0 saturated carbocycles. The van der Waals surface area contributed by atoms with E-state index >= 15 is 0 Å². The highest BCUT2D eigenvalue weighted by molar-refractivity contribution is 5.90. The molecule has 8 heteroatoms. The van der Waals surface area contributed by atoms with Crippen molar-refractivity contribution < 1.29 is 28.2 Å². The fourth-order valence-electron chi connectivity index (χ4n) is 5.71. The number of hydrogen-bond acceptors (Lipinski definition) is 6. The van der Waals surface area contributed by atoms with Crippen LogP contribution in [-0.2, 0) is 30.2 Å². The van der Waals surface area contributed by atoms with Gasteiger partial charge in [0, 0.05) is 18.5 Å². The number of nitrogens with one attached hydrogen (secondary N) is 1. The lowest BCUT2D eigenvalue weighted by molar-refractivity contribution is -0.134. The Morgan fingerprint density at radius 2 is 1.95 bits per heavy atom. The number of benzene rings is 1. The van der Waals surface area contributed by atoms with E-state index in [2.05, 4.69) is 22.0 Å². The van der Waals surface area contributed by atoms with Crippen molar-refractivity contribution in [3.05, 3.63) is 41.2 Å². The standard InChI is InChI=1S/C29H39FN2O5/c1-3-4-5-6-7-8-15-31-28(34)23-18-36-29(32-23)27-22(24-12-13-25(27)37-24)17-20-16-21(30)11-9-19(20)10-14-26(33)35-2/h9-11,14,16,22-25,27H,3-8,12-13,15,17-18H2,1-2H3,(H,31,34)/b14-10+/t22-,23?,24?,25?,27+/m0/s1. The predicted molar refractivity (Wildman–Crippen MR) is 140 cm³/mol. The van der Waals surface area contributed by atoms with E-state index in [1.807, 2.05) is 0 Å². The van der Waals surface area contributed by atoms with Gasteiger partial charge in [0.25, 0.3) is 0 Å². The van der Waals surface area contributed by atoms with Gasteiger partial charge in [-0.05, 0) is 55.0 Å². The van der Waals surface area contributed by atoms with Gasteiger partial charge in [-0.3, -0.25) is 4.79 Å². The van der Waals surface area contributed by atoms with Gasteiger partial charge >= 0.3 is 5.97 Å². The molecule has 4 rings (SSSR count). The number of halogens is 1. The molecule has 7 nitrogen and oxygen atoms in total. The van der Waals surface area contributed by atoms with Crippen LogP contribution < -0.4 is 5.32 Å². The van der Waals surface area contributed by atoms with Gasteiger partial charge in [0.05, 0.1) is 25.2 Å². The summed E-state index contributed by atoms with van der Waals surface area (Å²) >= 11 is 0. The molecule has 0 spiro atoms. The van der Waals surface area contributed by atoms with E-state index in [0.717, 1.165) is 36.8 Å². The van der Waals surface area contributed by atoms with Crippen LogP contribution in [0.4, 0.5) is 4.39 Å². The van der Waals surface area contributed by atoms with Crippen LogP contribution in [0.5, 0.6) is 0 Å². The van der Waals surface area contributed by atoms with Gasteiger partial charge < -0.3 is 19.5 Å². The first-order chi connectivity index (χ1) is 18.0. The molecule has 0 radical (unpaired) electrons. The largest absolute Gasteiger partial charge is 0.478 e. The molecule has 2 fully saturated rings. The zero-order chi connectivity index (χ0) is 26.2. The molecule has 1 N–H and O–H groups in total. The molecule has 0 aromatic heterocycles. The van der Waals surface area contributed by atoms with Crippen molar-refractivity contribution in [2.45, 2.75) is 83.0 Å². The zero-order valence-corrected chi connectivity index (χ0v) is 21.9. The molecule has 0 aliphatic carbocycles. The number of carbonyl (C=O) groups is 2. The van der Waals surface area contributed by atoms with E-state index in [0.29, 0.717) is 18.9 Å². The van der Waals surface area contributed by atoms with Gasteiger partial charge in [0.1, 0.15) is 12.4 Å². The number of methoxy groups -OCH3 is 1. The van der Waals surface area contributed by atoms with Crippen molar-refractivity contribution in [3.8, 4) is 0 Å². The number of carbonyl (C=O) groups excluding carboxylic acids is 2. The Morgan fingerprint density at radius 1 is 1.16 bits per heavy atom. The smallest absolute Gasteiger partial charge is 0.330 e. The van der Waals surface area contributed by atoms with Gasteiger partial charge in [-0.15, -0.1) is 0 Å². The summed E-state index contributed by atoms with van der Waals surface area (Å²) < 4.78 is 31.1. The summed E-state index contributed by atoms with van der Waals surface area (Å²) in [6, 6.07) is 4.02. The van der Waals surface area contributed by atoms with Crippen molar-refractivity contribution in [1.29, 1.82) is 0 Å². The monoisotopic (exact) mass is 514 g/mol. The molecular formula is C29H39FN2O5. The number of rotatable bonds is 13. The minimum Gasteiger partial charge on any atom is -0.478 e. The minimum atomic E-state index is -0.539. The normalized spacial score (nSPS) is 26.4. The topological polar surface area (TPSA) is 86.2 Å². The Labute approximate surface area is 218 Å². The average Bonchev–Trinajstić information content (AvgIpc) is 3.64. The summed E-state index contributed by atoms with van der Waals surface area (Å²) in [5, 5.41) is 3.01. The first kappa shape index (κ1) is 27.3. The Kier molecular flexibility index (Phi) is 9.72. The summed E-state index contributed by atoms with van der Waals surface area (Å²) in [6.07, 6.45) is 12.5. The van der Waals surface area contributed by atoms with Crippen LogP contribution >= 0.6 is 0 Å². The molecule has 37 heavy (non-hydrogen) atoms. The molecule has 1 amide bonds. The quantitative estimate of drug-likeness (QED) is 0.236. The van der Waals surface area contributed by atoms with Crippen LogP contribution in [0.15, 0.2) is 29.3 Å². The SMILES string of the molecule is CCCCCCCCNC(=O)C1COC([C@H]2C3CCC(O3)[C@@H]2Cc2cc(F)ccc2/C=C/C(=O)OC)=N1. The molecule has 3 unspecified atom stereocenters. The Morgan fingerprint density at radius 3 is 2.76 bits per heavy atom. The summed E-state index contributed by atoms with van der Waals surface area (Å²) in [5.74, 6) is -0.330. The molecular weight excluding hydrogens is 475 g/mol. The maximum Gasteiger partial charge on any atom is 0.330 e. The van der Waals surface area contributed by atoms with Crippen LogP contribution in [0, 0.1) is 17.7 Å². The van der Waals surface area contributed by atoms with Crippen molar-refractivity contribution in [1.82, 2.24) is 5.32 Å². The molecule has 3 heterocycles. The molecule has 5 atom stereocenters. The maximum atomic E-state index is 14.2. The number of amides is 1. The summed E-state index contributed by atoms with van der Waals surface area (Å²) in [4.78, 5) is 29.0. The Bertz CT molecular complexity index is 1010. The van der Waals surface area contributed by atoms with Crippen LogP contribution in [-0.4, -0.2) is 56.3 Å². The lowest BCUT2D eigenvalue weighted by Crippen LogP contribution is -2.35.